The van der Waals surface area contributed by atoms with Gasteiger partial charge in [-0.3, -0.25) is 4.79 Å². The minimum atomic E-state index is -0.257. The normalized spacial score (nSPS) is 25.0. The van der Waals surface area contributed by atoms with Crippen LogP contribution in [0.15, 0.2) is 24.5 Å². The molecule has 3 N–H and O–H groups in total. The summed E-state index contributed by atoms with van der Waals surface area (Å²) in [6.07, 6.45) is 10.9. The minimum absolute atomic E-state index is 0.00612. The van der Waals surface area contributed by atoms with E-state index >= 15 is 0 Å². The van der Waals surface area contributed by atoms with Gasteiger partial charge in [-0.25, -0.2) is 9.97 Å². The van der Waals surface area contributed by atoms with Crippen molar-refractivity contribution in [2.24, 2.45) is 11.7 Å². The Kier molecular flexibility index (Phi) is 4.56. The van der Waals surface area contributed by atoms with Gasteiger partial charge in [0.2, 0.25) is 5.91 Å². The molecule has 1 aliphatic carbocycles. The van der Waals surface area contributed by atoms with Gasteiger partial charge in [-0.1, -0.05) is 12.2 Å². The van der Waals surface area contributed by atoms with E-state index in [0.29, 0.717) is 6.42 Å². The molecule has 1 saturated heterocycles. The number of piperidine rings is 1. The standard InChI is InChI=1S/C16H23N5O/c17-16(22)12-6-2-3-7-13(12)20-14-10-15(19-11-18-14)21-8-4-1-5-9-21/h2-3,10-13H,1,4-9H2,(H2,17,22)(H,18,19,20)/t12-,13-/m1/s1. The molecule has 0 radical (unpaired) electrons. The highest BCUT2D eigenvalue weighted by Gasteiger charge is 2.27. The molecule has 1 fully saturated rings. The number of primary amides is 1. The third-order valence-corrected chi connectivity index (χ3v) is 4.46. The Morgan fingerprint density at radius 3 is 2.73 bits per heavy atom. The van der Waals surface area contributed by atoms with E-state index in [-0.39, 0.29) is 17.9 Å². The molecule has 0 aromatic carbocycles. The van der Waals surface area contributed by atoms with Gasteiger partial charge in [0, 0.05) is 25.2 Å². The fourth-order valence-corrected chi connectivity index (χ4v) is 3.20. The molecule has 2 aliphatic rings. The van der Waals surface area contributed by atoms with Crippen LogP contribution in [0.2, 0.25) is 0 Å². The molecule has 118 valence electrons. The molecule has 0 saturated carbocycles. The topological polar surface area (TPSA) is 84.1 Å². The summed E-state index contributed by atoms with van der Waals surface area (Å²) in [5, 5.41) is 3.36. The predicted octanol–water partition coefficient (Wildman–Crippen LogP) is 1.70. The number of carbonyl (C=O) groups is 1. The largest absolute Gasteiger partial charge is 0.369 e. The van der Waals surface area contributed by atoms with Gasteiger partial charge >= 0.3 is 0 Å². The first-order valence-electron chi connectivity index (χ1n) is 8.02. The van der Waals surface area contributed by atoms with Crippen LogP contribution >= 0.6 is 0 Å². The number of allylic oxidation sites excluding steroid dienone is 1. The lowest BCUT2D eigenvalue weighted by molar-refractivity contribution is -0.122. The van der Waals surface area contributed by atoms with Crippen LogP contribution in [0.4, 0.5) is 11.6 Å². The minimum Gasteiger partial charge on any atom is -0.369 e. The summed E-state index contributed by atoms with van der Waals surface area (Å²) in [6.45, 7) is 2.10. The third kappa shape index (κ3) is 3.37. The Balaban J connectivity index is 1.71. The molecule has 1 aromatic heterocycles. The van der Waals surface area contributed by atoms with Crippen molar-refractivity contribution >= 4 is 17.5 Å². The summed E-state index contributed by atoms with van der Waals surface area (Å²) in [5.41, 5.74) is 5.50. The summed E-state index contributed by atoms with van der Waals surface area (Å²) in [4.78, 5) is 22.5. The van der Waals surface area contributed by atoms with E-state index in [1.165, 1.54) is 19.3 Å². The first kappa shape index (κ1) is 14.8. The summed E-state index contributed by atoms with van der Waals surface area (Å²) in [5.74, 6) is 1.28. The fourth-order valence-electron chi connectivity index (χ4n) is 3.20. The van der Waals surface area contributed by atoms with Gasteiger partial charge in [0.05, 0.1) is 5.92 Å². The third-order valence-electron chi connectivity index (χ3n) is 4.46. The predicted molar refractivity (Wildman–Crippen MR) is 86.6 cm³/mol. The van der Waals surface area contributed by atoms with E-state index in [1.807, 2.05) is 12.1 Å². The van der Waals surface area contributed by atoms with Crippen molar-refractivity contribution in [1.82, 2.24) is 9.97 Å². The lowest BCUT2D eigenvalue weighted by Gasteiger charge is -2.29. The van der Waals surface area contributed by atoms with Gasteiger partial charge in [0.15, 0.2) is 0 Å². The second-order valence-corrected chi connectivity index (χ2v) is 6.01. The quantitative estimate of drug-likeness (QED) is 0.827. The Morgan fingerprint density at radius 2 is 1.95 bits per heavy atom. The molecule has 1 aliphatic heterocycles. The zero-order valence-corrected chi connectivity index (χ0v) is 12.7. The Morgan fingerprint density at radius 1 is 1.18 bits per heavy atom. The molecule has 2 heterocycles. The molecule has 6 heteroatoms. The number of nitrogens with zero attached hydrogens (tertiary/aromatic N) is 3. The molecular formula is C16H23N5O. The summed E-state index contributed by atoms with van der Waals surface area (Å²) < 4.78 is 0. The highest BCUT2D eigenvalue weighted by molar-refractivity contribution is 5.78. The molecule has 1 aromatic rings. The second kappa shape index (κ2) is 6.77. The van der Waals surface area contributed by atoms with Crippen molar-refractivity contribution in [2.75, 3.05) is 23.3 Å². The molecule has 22 heavy (non-hydrogen) atoms. The maximum absolute atomic E-state index is 11.6. The fraction of sp³-hybridized carbons (Fsp3) is 0.562. The van der Waals surface area contributed by atoms with E-state index in [4.69, 9.17) is 5.73 Å². The molecule has 0 unspecified atom stereocenters. The number of nitrogens with one attached hydrogen (secondary N) is 1. The number of carbonyl (C=O) groups excluding carboxylic acids is 1. The smallest absolute Gasteiger partial charge is 0.222 e. The van der Waals surface area contributed by atoms with Gasteiger partial charge in [-0.05, 0) is 32.1 Å². The molecule has 3 rings (SSSR count). The van der Waals surface area contributed by atoms with Crippen molar-refractivity contribution in [1.29, 1.82) is 0 Å². The van der Waals surface area contributed by atoms with Crippen LogP contribution in [-0.4, -0.2) is 35.0 Å². The van der Waals surface area contributed by atoms with E-state index in [0.717, 1.165) is 31.1 Å². The van der Waals surface area contributed by atoms with E-state index in [1.54, 1.807) is 6.33 Å². The highest BCUT2D eigenvalue weighted by Crippen LogP contribution is 2.24. The van der Waals surface area contributed by atoms with Gasteiger partial charge < -0.3 is 16.0 Å². The summed E-state index contributed by atoms with van der Waals surface area (Å²) in [6, 6.07) is 1.98. The summed E-state index contributed by atoms with van der Waals surface area (Å²) in [7, 11) is 0. The number of amides is 1. The van der Waals surface area contributed by atoms with Gasteiger partial charge in [-0.15, -0.1) is 0 Å². The lowest BCUT2D eigenvalue weighted by Crippen LogP contribution is -2.39. The van der Waals surface area contributed by atoms with Crippen LogP contribution in [-0.2, 0) is 4.79 Å². The second-order valence-electron chi connectivity index (χ2n) is 6.01. The molecule has 0 spiro atoms. The first-order chi connectivity index (χ1) is 10.7. The van der Waals surface area contributed by atoms with Crippen LogP contribution in [0.1, 0.15) is 32.1 Å². The maximum Gasteiger partial charge on any atom is 0.222 e. The van der Waals surface area contributed by atoms with Crippen molar-refractivity contribution in [3.8, 4) is 0 Å². The van der Waals surface area contributed by atoms with Crippen molar-refractivity contribution < 1.29 is 4.79 Å². The van der Waals surface area contributed by atoms with E-state index < -0.39 is 0 Å². The van der Waals surface area contributed by atoms with Gasteiger partial charge in [-0.2, -0.15) is 0 Å². The zero-order chi connectivity index (χ0) is 15.4. The van der Waals surface area contributed by atoms with Crippen LogP contribution in [0.5, 0.6) is 0 Å². The monoisotopic (exact) mass is 301 g/mol. The Hall–Kier alpha value is -2.11. The number of hydrogen-bond donors (Lipinski definition) is 2. The lowest BCUT2D eigenvalue weighted by atomic mass is 9.88. The SMILES string of the molecule is NC(=O)[C@@H]1CC=CC[C@H]1Nc1cc(N2CCCCC2)ncn1. The molecule has 0 bridgehead atoms. The van der Waals surface area contributed by atoms with Gasteiger partial charge in [0.25, 0.3) is 0 Å². The average molecular weight is 301 g/mol. The highest BCUT2D eigenvalue weighted by atomic mass is 16.1. The zero-order valence-electron chi connectivity index (χ0n) is 12.7. The maximum atomic E-state index is 11.6. The first-order valence-corrected chi connectivity index (χ1v) is 8.02. The van der Waals surface area contributed by atoms with Crippen LogP contribution in [0, 0.1) is 5.92 Å². The number of nitrogens with two attached hydrogens (primary N) is 1. The number of hydrogen-bond acceptors (Lipinski definition) is 5. The van der Waals surface area contributed by atoms with Crippen LogP contribution in [0.3, 0.4) is 0 Å². The number of anilines is 2. The Bertz CT molecular complexity index is 553. The van der Waals surface area contributed by atoms with Crippen LogP contribution < -0.4 is 16.0 Å². The molecular weight excluding hydrogens is 278 g/mol. The average Bonchev–Trinajstić information content (AvgIpc) is 2.56. The number of aromatic nitrogens is 2. The molecule has 6 nitrogen and oxygen atoms in total. The van der Waals surface area contributed by atoms with E-state index in [9.17, 15) is 4.79 Å². The van der Waals surface area contributed by atoms with Crippen molar-refractivity contribution in [3.05, 3.63) is 24.5 Å². The van der Waals surface area contributed by atoms with Crippen molar-refractivity contribution in [3.63, 3.8) is 0 Å². The van der Waals surface area contributed by atoms with E-state index in [2.05, 4.69) is 26.3 Å². The number of rotatable bonds is 4. The molecule has 2 atom stereocenters. The van der Waals surface area contributed by atoms with Gasteiger partial charge in [0.1, 0.15) is 18.0 Å². The van der Waals surface area contributed by atoms with Crippen LogP contribution in [0.25, 0.3) is 0 Å². The Labute approximate surface area is 130 Å². The molecule has 1 amide bonds. The van der Waals surface area contributed by atoms with Crippen molar-refractivity contribution in [2.45, 2.75) is 38.1 Å². The summed E-state index contributed by atoms with van der Waals surface area (Å²) >= 11 is 0.